The van der Waals surface area contributed by atoms with Crippen LogP contribution in [0.3, 0.4) is 0 Å². The molecule has 0 saturated heterocycles. The van der Waals surface area contributed by atoms with Crippen LogP contribution >= 0.6 is 15.9 Å². The number of methoxy groups -OCH3 is 1. The van der Waals surface area contributed by atoms with Gasteiger partial charge in [-0.1, -0.05) is 22.0 Å². The van der Waals surface area contributed by atoms with Gasteiger partial charge >= 0.3 is 0 Å². The number of anilines is 1. The lowest BCUT2D eigenvalue weighted by molar-refractivity contribution is 0.0846. The second kappa shape index (κ2) is 10.2. The average molecular weight is 359 g/mol. The number of benzene rings is 1. The summed E-state index contributed by atoms with van der Waals surface area (Å²) in [5, 5.41) is 3.35. The fourth-order valence-electron chi connectivity index (χ4n) is 1.87. The van der Waals surface area contributed by atoms with Crippen molar-refractivity contribution in [2.45, 2.75) is 26.5 Å². The molecule has 5 heteroatoms. The molecule has 0 aromatic heterocycles. The molecule has 1 aromatic carbocycles. The fraction of sp³-hybridized carbons (Fsp3) is 0.625. The summed E-state index contributed by atoms with van der Waals surface area (Å²) in [6.45, 7) is 8.17. The van der Waals surface area contributed by atoms with Gasteiger partial charge in [0.25, 0.3) is 0 Å². The Balaban J connectivity index is 2.48. The Bertz CT molecular complexity index is 413. The van der Waals surface area contributed by atoms with E-state index in [1.165, 1.54) is 11.3 Å². The topological polar surface area (TPSA) is 33.7 Å². The van der Waals surface area contributed by atoms with Crippen molar-refractivity contribution in [2.75, 3.05) is 45.4 Å². The fourth-order valence-corrected chi connectivity index (χ4v) is 2.38. The molecular formula is C16H27BrN2O2. The van der Waals surface area contributed by atoms with E-state index in [-0.39, 0.29) is 6.10 Å². The number of likely N-dealkylation sites (N-methyl/N-ethyl adjacent to an activating group) is 1. The molecule has 0 unspecified atom stereocenters. The lowest BCUT2D eigenvalue weighted by Gasteiger charge is -2.21. The highest BCUT2D eigenvalue weighted by Crippen LogP contribution is 2.23. The lowest BCUT2D eigenvalue weighted by atomic mass is 10.2. The van der Waals surface area contributed by atoms with Gasteiger partial charge in [-0.05, 0) is 31.5 Å². The van der Waals surface area contributed by atoms with E-state index in [0.717, 1.165) is 37.3 Å². The van der Waals surface area contributed by atoms with Crippen LogP contribution < -0.4 is 10.2 Å². The minimum atomic E-state index is 0.283. The van der Waals surface area contributed by atoms with Crippen molar-refractivity contribution in [2.24, 2.45) is 0 Å². The van der Waals surface area contributed by atoms with Gasteiger partial charge in [-0.2, -0.15) is 0 Å². The molecule has 0 saturated carbocycles. The number of ether oxygens (including phenoxy) is 2. The van der Waals surface area contributed by atoms with Crippen LogP contribution in [0.25, 0.3) is 0 Å². The highest BCUT2D eigenvalue weighted by molar-refractivity contribution is 9.10. The Morgan fingerprint density at radius 3 is 2.67 bits per heavy atom. The summed E-state index contributed by atoms with van der Waals surface area (Å²) in [6, 6.07) is 6.45. The molecule has 0 amide bonds. The Morgan fingerprint density at radius 1 is 1.29 bits per heavy atom. The van der Waals surface area contributed by atoms with Crippen molar-refractivity contribution in [1.29, 1.82) is 0 Å². The zero-order chi connectivity index (χ0) is 15.7. The minimum Gasteiger partial charge on any atom is -0.383 e. The van der Waals surface area contributed by atoms with Crippen LogP contribution in [0, 0.1) is 0 Å². The predicted molar refractivity (Wildman–Crippen MR) is 92.1 cm³/mol. The number of nitrogens with one attached hydrogen (secondary N) is 1. The standard InChI is InChI=1S/C16H27BrN2O2/c1-13(2)21-10-8-19(3)15-6-5-14(16(17)11-15)12-18-7-9-20-4/h5-6,11,13,18H,7-10,12H2,1-4H3. The molecule has 21 heavy (non-hydrogen) atoms. The largest absolute Gasteiger partial charge is 0.383 e. The van der Waals surface area contributed by atoms with Crippen LogP contribution in [0.1, 0.15) is 19.4 Å². The molecule has 0 atom stereocenters. The minimum absolute atomic E-state index is 0.283. The van der Waals surface area contributed by atoms with Crippen molar-refractivity contribution < 1.29 is 9.47 Å². The zero-order valence-electron chi connectivity index (χ0n) is 13.5. The number of halogens is 1. The van der Waals surface area contributed by atoms with Crippen LogP contribution in [-0.2, 0) is 16.0 Å². The summed E-state index contributed by atoms with van der Waals surface area (Å²) in [4.78, 5) is 2.20. The first-order valence-electron chi connectivity index (χ1n) is 7.35. The van der Waals surface area contributed by atoms with E-state index in [4.69, 9.17) is 9.47 Å². The van der Waals surface area contributed by atoms with E-state index in [9.17, 15) is 0 Å². The highest BCUT2D eigenvalue weighted by atomic mass is 79.9. The van der Waals surface area contributed by atoms with Crippen LogP contribution in [0.2, 0.25) is 0 Å². The first-order valence-corrected chi connectivity index (χ1v) is 8.14. The number of hydrogen-bond acceptors (Lipinski definition) is 4. The van der Waals surface area contributed by atoms with Gasteiger partial charge in [0.05, 0.1) is 19.3 Å². The third-order valence-electron chi connectivity index (χ3n) is 3.15. The SMILES string of the molecule is COCCNCc1ccc(N(C)CCOC(C)C)cc1Br. The van der Waals surface area contributed by atoms with Gasteiger partial charge in [0, 0.05) is 44.0 Å². The molecule has 0 heterocycles. The van der Waals surface area contributed by atoms with E-state index in [1.54, 1.807) is 7.11 Å². The molecule has 0 aliphatic heterocycles. The normalized spacial score (nSPS) is 11.1. The van der Waals surface area contributed by atoms with E-state index >= 15 is 0 Å². The molecule has 1 N–H and O–H groups in total. The van der Waals surface area contributed by atoms with Gasteiger partial charge in [-0.25, -0.2) is 0 Å². The number of hydrogen-bond donors (Lipinski definition) is 1. The molecule has 1 rings (SSSR count). The van der Waals surface area contributed by atoms with Gasteiger partial charge in [0.1, 0.15) is 0 Å². The van der Waals surface area contributed by atoms with E-state index in [1.807, 2.05) is 0 Å². The van der Waals surface area contributed by atoms with E-state index < -0.39 is 0 Å². The average Bonchev–Trinajstić information content (AvgIpc) is 2.44. The second-order valence-corrected chi connectivity index (χ2v) is 6.14. The van der Waals surface area contributed by atoms with E-state index in [2.05, 4.69) is 65.2 Å². The molecule has 0 bridgehead atoms. The maximum Gasteiger partial charge on any atom is 0.0644 e. The molecule has 0 fully saturated rings. The van der Waals surface area contributed by atoms with Crippen LogP contribution in [0.15, 0.2) is 22.7 Å². The Hall–Kier alpha value is -0.620. The smallest absolute Gasteiger partial charge is 0.0644 e. The maximum absolute atomic E-state index is 5.59. The van der Waals surface area contributed by atoms with Gasteiger partial charge in [-0.15, -0.1) is 0 Å². The predicted octanol–water partition coefficient (Wildman–Crippen LogP) is 3.05. The third-order valence-corrected chi connectivity index (χ3v) is 3.89. The van der Waals surface area contributed by atoms with Crippen molar-refractivity contribution in [3.8, 4) is 0 Å². The zero-order valence-corrected chi connectivity index (χ0v) is 15.1. The van der Waals surface area contributed by atoms with Gasteiger partial charge < -0.3 is 19.7 Å². The van der Waals surface area contributed by atoms with Crippen LogP contribution in [0.4, 0.5) is 5.69 Å². The summed E-state index contributed by atoms with van der Waals surface area (Å²) in [5.74, 6) is 0. The Morgan fingerprint density at radius 2 is 2.05 bits per heavy atom. The van der Waals surface area contributed by atoms with Gasteiger partial charge in [0.15, 0.2) is 0 Å². The van der Waals surface area contributed by atoms with Crippen molar-refractivity contribution >= 4 is 21.6 Å². The molecule has 4 nitrogen and oxygen atoms in total. The quantitative estimate of drug-likeness (QED) is 0.651. The highest BCUT2D eigenvalue weighted by Gasteiger charge is 2.05. The first kappa shape index (κ1) is 18.4. The number of rotatable bonds is 10. The molecule has 0 spiro atoms. The van der Waals surface area contributed by atoms with Gasteiger partial charge in [0.2, 0.25) is 0 Å². The van der Waals surface area contributed by atoms with Crippen LogP contribution in [0.5, 0.6) is 0 Å². The summed E-state index contributed by atoms with van der Waals surface area (Å²) >= 11 is 3.65. The van der Waals surface area contributed by atoms with Gasteiger partial charge in [-0.3, -0.25) is 0 Å². The molecular weight excluding hydrogens is 332 g/mol. The monoisotopic (exact) mass is 358 g/mol. The summed E-state index contributed by atoms with van der Waals surface area (Å²) in [6.07, 6.45) is 0.283. The molecule has 0 aliphatic rings. The summed E-state index contributed by atoms with van der Waals surface area (Å²) < 4.78 is 11.7. The summed E-state index contributed by atoms with van der Waals surface area (Å²) in [7, 11) is 3.80. The van der Waals surface area contributed by atoms with Crippen molar-refractivity contribution in [3.63, 3.8) is 0 Å². The second-order valence-electron chi connectivity index (χ2n) is 5.29. The molecule has 0 aliphatic carbocycles. The molecule has 120 valence electrons. The Kier molecular flexibility index (Phi) is 8.92. The Labute approximate surface area is 136 Å². The summed E-state index contributed by atoms with van der Waals surface area (Å²) in [5.41, 5.74) is 2.44. The lowest BCUT2D eigenvalue weighted by Crippen LogP contribution is -2.24. The van der Waals surface area contributed by atoms with E-state index in [0.29, 0.717) is 0 Å². The molecule has 1 aromatic rings. The van der Waals surface area contributed by atoms with Crippen molar-refractivity contribution in [3.05, 3.63) is 28.2 Å². The van der Waals surface area contributed by atoms with Crippen molar-refractivity contribution in [1.82, 2.24) is 5.32 Å². The molecule has 0 radical (unpaired) electrons. The van der Waals surface area contributed by atoms with Crippen LogP contribution in [-0.4, -0.2) is 46.6 Å². The first-order chi connectivity index (χ1) is 10.0. The maximum atomic E-state index is 5.59. The third kappa shape index (κ3) is 7.27. The number of nitrogens with zero attached hydrogens (tertiary/aromatic N) is 1.